The van der Waals surface area contributed by atoms with Crippen molar-refractivity contribution in [3.8, 4) is 17.0 Å². The summed E-state index contributed by atoms with van der Waals surface area (Å²) in [6.07, 6.45) is 7.04. The Morgan fingerprint density at radius 2 is 1.50 bits per heavy atom. The fourth-order valence-electron chi connectivity index (χ4n) is 2.74. The second kappa shape index (κ2) is 11.3. The van der Waals surface area contributed by atoms with E-state index in [1.807, 2.05) is 24.3 Å². The van der Waals surface area contributed by atoms with Gasteiger partial charge >= 0.3 is 0 Å². The Labute approximate surface area is 156 Å². The molecular formula is C20H31N5O. The van der Waals surface area contributed by atoms with E-state index in [0.29, 0.717) is 0 Å². The Balaban J connectivity index is 2.22. The van der Waals surface area contributed by atoms with Crippen molar-refractivity contribution in [1.29, 1.82) is 0 Å². The van der Waals surface area contributed by atoms with Crippen LogP contribution in [0.2, 0.25) is 0 Å². The molecule has 26 heavy (non-hydrogen) atoms. The molecule has 2 rings (SSSR count). The normalized spacial score (nSPS) is 10.6. The number of methoxy groups -OCH3 is 1. The lowest BCUT2D eigenvalue weighted by atomic mass is 10.1. The van der Waals surface area contributed by atoms with E-state index in [1.165, 1.54) is 25.7 Å². The number of hydrogen-bond acceptors (Lipinski definition) is 6. The maximum absolute atomic E-state index is 5.25. The van der Waals surface area contributed by atoms with Gasteiger partial charge in [0.15, 0.2) is 5.82 Å². The van der Waals surface area contributed by atoms with Crippen molar-refractivity contribution in [2.75, 3.05) is 30.8 Å². The van der Waals surface area contributed by atoms with Gasteiger partial charge in [-0.15, -0.1) is 10.2 Å². The van der Waals surface area contributed by atoms with E-state index in [-0.39, 0.29) is 0 Å². The summed E-state index contributed by atoms with van der Waals surface area (Å²) >= 11 is 0. The minimum atomic E-state index is 0.776. The van der Waals surface area contributed by atoms with Crippen molar-refractivity contribution < 1.29 is 4.74 Å². The Bertz CT molecular complexity index is 645. The predicted molar refractivity (Wildman–Crippen MR) is 108 cm³/mol. The minimum absolute atomic E-state index is 0.776. The molecule has 0 fully saturated rings. The molecule has 0 radical (unpaired) electrons. The highest BCUT2D eigenvalue weighted by molar-refractivity contribution is 5.81. The van der Waals surface area contributed by atoms with E-state index in [4.69, 9.17) is 4.74 Å². The summed E-state index contributed by atoms with van der Waals surface area (Å²) in [5.74, 6) is 1.60. The Morgan fingerprint density at radius 3 is 2.12 bits per heavy atom. The minimum Gasteiger partial charge on any atom is -0.497 e. The summed E-state index contributed by atoms with van der Waals surface area (Å²) in [5.41, 5.74) is 2.74. The molecule has 1 aromatic carbocycles. The van der Waals surface area contributed by atoms with Gasteiger partial charge in [-0.3, -0.25) is 0 Å². The van der Waals surface area contributed by atoms with E-state index in [0.717, 1.165) is 54.4 Å². The smallest absolute Gasteiger partial charge is 0.176 e. The third-order valence-corrected chi connectivity index (χ3v) is 4.28. The highest BCUT2D eigenvalue weighted by Crippen LogP contribution is 2.31. The van der Waals surface area contributed by atoms with E-state index >= 15 is 0 Å². The molecule has 142 valence electrons. The van der Waals surface area contributed by atoms with E-state index in [9.17, 15) is 0 Å². The summed E-state index contributed by atoms with van der Waals surface area (Å²) in [6, 6.07) is 7.88. The molecule has 0 aliphatic rings. The zero-order valence-corrected chi connectivity index (χ0v) is 16.2. The van der Waals surface area contributed by atoms with Crippen LogP contribution in [0.25, 0.3) is 11.3 Å². The molecule has 0 aliphatic carbocycles. The zero-order valence-electron chi connectivity index (χ0n) is 16.2. The van der Waals surface area contributed by atoms with Gasteiger partial charge in [0.05, 0.1) is 7.11 Å². The Kier molecular flexibility index (Phi) is 8.66. The fourth-order valence-corrected chi connectivity index (χ4v) is 2.74. The second-order valence-electron chi connectivity index (χ2n) is 6.36. The fraction of sp³-hybridized carbons (Fsp3) is 0.550. The summed E-state index contributed by atoms with van der Waals surface area (Å²) in [6.45, 7) is 6.19. The highest BCUT2D eigenvalue weighted by atomic mass is 16.5. The average Bonchev–Trinajstić information content (AvgIpc) is 2.69. The predicted octanol–water partition coefficient (Wildman–Crippen LogP) is 4.75. The molecule has 0 spiro atoms. The van der Waals surface area contributed by atoms with Crippen LogP contribution in [0, 0.1) is 0 Å². The van der Waals surface area contributed by atoms with Crippen LogP contribution in [0.1, 0.15) is 52.4 Å². The van der Waals surface area contributed by atoms with Gasteiger partial charge in [0, 0.05) is 18.7 Å². The topological polar surface area (TPSA) is 72.0 Å². The molecule has 0 saturated carbocycles. The number of aromatic nitrogens is 3. The summed E-state index contributed by atoms with van der Waals surface area (Å²) < 4.78 is 5.25. The van der Waals surface area contributed by atoms with Gasteiger partial charge in [0.25, 0.3) is 0 Å². The SMILES string of the molecule is CCCCCNc1nnnc(-c2ccc(OC)cc2)c1NCCCCC. The molecule has 1 heterocycles. The van der Waals surface area contributed by atoms with Crippen LogP contribution in [0.15, 0.2) is 24.3 Å². The van der Waals surface area contributed by atoms with Crippen molar-refractivity contribution in [3.05, 3.63) is 24.3 Å². The van der Waals surface area contributed by atoms with Crippen LogP contribution >= 0.6 is 0 Å². The number of unbranched alkanes of at least 4 members (excludes halogenated alkanes) is 4. The van der Waals surface area contributed by atoms with Gasteiger partial charge in [-0.05, 0) is 42.3 Å². The maximum atomic E-state index is 5.25. The number of nitrogens with one attached hydrogen (secondary N) is 2. The number of rotatable bonds is 12. The van der Waals surface area contributed by atoms with Crippen molar-refractivity contribution in [2.24, 2.45) is 0 Å². The molecule has 0 amide bonds. The van der Waals surface area contributed by atoms with Crippen LogP contribution in [-0.2, 0) is 0 Å². The van der Waals surface area contributed by atoms with Crippen molar-refractivity contribution in [2.45, 2.75) is 52.4 Å². The summed E-state index contributed by atoms with van der Waals surface area (Å²) in [4.78, 5) is 0. The van der Waals surface area contributed by atoms with Crippen LogP contribution in [0.3, 0.4) is 0 Å². The third kappa shape index (κ3) is 5.86. The summed E-state index contributed by atoms with van der Waals surface area (Å²) in [5, 5.41) is 19.5. The molecule has 0 aliphatic heterocycles. The number of hydrogen-bond donors (Lipinski definition) is 2. The average molecular weight is 358 g/mol. The molecule has 6 nitrogen and oxygen atoms in total. The first-order valence-corrected chi connectivity index (χ1v) is 9.65. The third-order valence-electron chi connectivity index (χ3n) is 4.28. The van der Waals surface area contributed by atoms with Crippen molar-refractivity contribution >= 4 is 11.5 Å². The Morgan fingerprint density at radius 1 is 0.846 bits per heavy atom. The molecule has 0 atom stereocenters. The first kappa shape index (κ1) is 19.9. The van der Waals surface area contributed by atoms with Crippen molar-refractivity contribution in [3.63, 3.8) is 0 Å². The molecule has 6 heteroatoms. The number of benzene rings is 1. The highest BCUT2D eigenvalue weighted by Gasteiger charge is 2.14. The lowest BCUT2D eigenvalue weighted by Gasteiger charge is -2.15. The van der Waals surface area contributed by atoms with Crippen LogP contribution in [0.4, 0.5) is 11.5 Å². The number of anilines is 2. The van der Waals surface area contributed by atoms with Crippen LogP contribution in [0.5, 0.6) is 5.75 Å². The molecule has 0 unspecified atom stereocenters. The van der Waals surface area contributed by atoms with E-state index < -0.39 is 0 Å². The molecular weight excluding hydrogens is 326 g/mol. The van der Waals surface area contributed by atoms with Gasteiger partial charge in [-0.1, -0.05) is 39.5 Å². The number of ether oxygens (including phenoxy) is 1. The van der Waals surface area contributed by atoms with Gasteiger partial charge in [0.2, 0.25) is 0 Å². The molecule has 1 aromatic heterocycles. The van der Waals surface area contributed by atoms with Gasteiger partial charge in [-0.2, -0.15) is 0 Å². The van der Waals surface area contributed by atoms with Gasteiger partial charge in [-0.25, -0.2) is 0 Å². The van der Waals surface area contributed by atoms with E-state index in [1.54, 1.807) is 7.11 Å². The molecule has 2 aromatic rings. The number of nitrogens with zero attached hydrogens (tertiary/aromatic N) is 3. The maximum Gasteiger partial charge on any atom is 0.176 e. The van der Waals surface area contributed by atoms with Gasteiger partial charge in [0.1, 0.15) is 17.1 Å². The molecule has 2 N–H and O–H groups in total. The lowest BCUT2D eigenvalue weighted by Crippen LogP contribution is -2.12. The quantitative estimate of drug-likeness (QED) is 0.534. The largest absolute Gasteiger partial charge is 0.497 e. The van der Waals surface area contributed by atoms with Crippen LogP contribution in [-0.4, -0.2) is 35.6 Å². The Hall–Kier alpha value is -2.37. The standard InChI is InChI=1S/C20H31N5O/c1-4-6-8-14-21-19-18(16-10-12-17(26-3)13-11-16)23-25-24-20(19)22-15-9-7-5-2/h10-13H,4-9,14-15H2,1-3H3,(H,21,25)(H,22,23,24). The lowest BCUT2D eigenvalue weighted by molar-refractivity contribution is 0.415. The van der Waals surface area contributed by atoms with Crippen molar-refractivity contribution in [1.82, 2.24) is 15.4 Å². The first-order chi connectivity index (χ1) is 12.8. The second-order valence-corrected chi connectivity index (χ2v) is 6.36. The first-order valence-electron chi connectivity index (χ1n) is 9.65. The summed E-state index contributed by atoms with van der Waals surface area (Å²) in [7, 11) is 1.67. The molecule has 0 bridgehead atoms. The van der Waals surface area contributed by atoms with E-state index in [2.05, 4.69) is 39.9 Å². The van der Waals surface area contributed by atoms with Gasteiger partial charge < -0.3 is 15.4 Å². The zero-order chi connectivity index (χ0) is 18.6. The monoisotopic (exact) mass is 357 g/mol. The van der Waals surface area contributed by atoms with Crippen LogP contribution < -0.4 is 15.4 Å². The molecule has 0 saturated heterocycles.